The zero-order valence-corrected chi connectivity index (χ0v) is 36.4. The molecule has 0 saturated carbocycles. The van der Waals surface area contributed by atoms with E-state index in [-0.39, 0.29) is 31.0 Å². The molecular weight excluding hydrogens is 767 g/mol. The van der Waals surface area contributed by atoms with E-state index >= 15 is 4.39 Å². The molecule has 0 spiro atoms. The van der Waals surface area contributed by atoms with Crippen LogP contribution in [0.15, 0.2) is 24.4 Å². The smallest absolute Gasteiger partial charge is 0.410 e. The average molecular weight is 833 g/mol. The number of aromatic nitrogens is 4. The monoisotopic (exact) mass is 832 g/mol. The second kappa shape index (κ2) is 18.4. The number of hydrogen-bond acceptors (Lipinski definition) is 15. The van der Waals surface area contributed by atoms with Crippen molar-refractivity contribution in [3.63, 3.8) is 0 Å². The third kappa shape index (κ3) is 9.73. The summed E-state index contributed by atoms with van der Waals surface area (Å²) in [6.07, 6.45) is -1.60. The second-order valence-electron chi connectivity index (χ2n) is 17.4. The number of nitrogens with one attached hydrogen (secondary N) is 1. The maximum Gasteiger partial charge on any atom is 0.410 e. The first-order chi connectivity index (χ1) is 27.7. The number of alkyl halides is 1. The summed E-state index contributed by atoms with van der Waals surface area (Å²) < 4.78 is 49.4. The van der Waals surface area contributed by atoms with Gasteiger partial charge in [0.2, 0.25) is 0 Å². The van der Waals surface area contributed by atoms with Gasteiger partial charge in [0.05, 0.1) is 35.7 Å². The number of aryl methyl sites for hydroxylation is 1. The van der Waals surface area contributed by atoms with Crippen molar-refractivity contribution in [3.05, 3.63) is 24.4 Å². The molecular formula is C41H65FN8O9. The summed E-state index contributed by atoms with van der Waals surface area (Å²) in [7, 11) is 5.17. The van der Waals surface area contributed by atoms with Gasteiger partial charge in [-0.25, -0.2) is 19.0 Å². The normalized spacial score (nSPS) is 37.5. The van der Waals surface area contributed by atoms with Gasteiger partial charge in [0.25, 0.3) is 5.67 Å². The molecule has 3 fully saturated rings. The topological polar surface area (TPSA) is 206 Å². The zero-order valence-electron chi connectivity index (χ0n) is 36.4. The minimum atomic E-state index is -3.13. The number of carbonyl (C=O) groups excluding carboxylic acids is 3. The summed E-state index contributed by atoms with van der Waals surface area (Å²) in [5.74, 6) is -3.39. The largest absolute Gasteiger partial charge is 0.455 e. The minimum Gasteiger partial charge on any atom is -0.455 e. The van der Waals surface area contributed by atoms with E-state index in [2.05, 4.69) is 20.6 Å². The number of anilines is 1. The molecule has 0 bridgehead atoms. The number of methoxy groups -OCH3 is 1. The van der Waals surface area contributed by atoms with Crippen LogP contribution < -0.4 is 11.1 Å². The number of nitrogens with two attached hydrogens (primary N) is 1. The summed E-state index contributed by atoms with van der Waals surface area (Å²) in [5, 5.41) is 23.5. The number of nitrogen functional groups attached to an aromatic ring is 1. The van der Waals surface area contributed by atoms with Crippen LogP contribution in [0.4, 0.5) is 15.0 Å². The molecule has 0 aromatic carbocycles. The first-order valence-electron chi connectivity index (χ1n) is 20.7. The van der Waals surface area contributed by atoms with Crippen LogP contribution >= 0.6 is 0 Å². The SMILES string of the molecule is CC[C@@H]1OC(=O)[C@@](C)(F)C(=O)[C@H](C)[C@@H](OC2O[C@H](C)C[C@H](N(C)C)[C@H]2O)[C@@](C)(OC)C[C@@H](C)N[C@@H](C)[C@H]2N(CCCCn3cc(-c4cccc(N)n4)nn3)C(=O)O[C@]12C. The number of fused-ring (bicyclic) bond motifs is 1. The number of nitrogens with zero attached hydrogens (tertiary/aromatic N) is 6. The van der Waals surface area contributed by atoms with Gasteiger partial charge in [-0.05, 0) is 99.9 Å². The highest BCUT2D eigenvalue weighted by atomic mass is 19.1. The molecule has 1 amide bonds. The van der Waals surface area contributed by atoms with E-state index in [0.29, 0.717) is 49.6 Å². The van der Waals surface area contributed by atoms with E-state index < -0.39 is 77.3 Å². The van der Waals surface area contributed by atoms with Gasteiger partial charge >= 0.3 is 12.1 Å². The predicted molar refractivity (Wildman–Crippen MR) is 216 cm³/mol. The summed E-state index contributed by atoms with van der Waals surface area (Å²) in [4.78, 5) is 49.8. The van der Waals surface area contributed by atoms with E-state index in [1.807, 2.05) is 39.8 Å². The van der Waals surface area contributed by atoms with Crippen LogP contribution in [0.3, 0.4) is 0 Å². The van der Waals surface area contributed by atoms with Crippen molar-refractivity contribution in [3.8, 4) is 11.4 Å². The number of rotatable bonds is 11. The van der Waals surface area contributed by atoms with E-state index in [1.54, 1.807) is 54.7 Å². The van der Waals surface area contributed by atoms with Crippen LogP contribution in [0.5, 0.6) is 0 Å². The number of esters is 1. The summed E-state index contributed by atoms with van der Waals surface area (Å²) >= 11 is 0. The number of amides is 1. The van der Waals surface area contributed by atoms with Gasteiger partial charge in [0, 0.05) is 44.2 Å². The Morgan fingerprint density at radius 1 is 1.08 bits per heavy atom. The Balaban J connectivity index is 1.42. The van der Waals surface area contributed by atoms with E-state index in [0.717, 1.165) is 6.92 Å². The highest BCUT2D eigenvalue weighted by Gasteiger charge is 2.60. The number of hydrogen-bond donors (Lipinski definition) is 3. The Morgan fingerprint density at radius 3 is 2.42 bits per heavy atom. The molecule has 2 aromatic rings. The number of Topliss-reactive ketones (excluding diaryl/α,β-unsaturated/α-hetero) is 1. The van der Waals surface area contributed by atoms with E-state index in [9.17, 15) is 19.5 Å². The van der Waals surface area contributed by atoms with Gasteiger partial charge in [-0.15, -0.1) is 5.10 Å². The molecule has 3 aliphatic heterocycles. The standard InChI is InChI=1S/C41H65FN8O9/c1-12-30-41(8)33(50(38(54)59-41)19-14-13-18-49-22-28(46-47-49)27-16-15-17-31(43)45-27)26(5)44-23(2)21-39(6,55-11)35(25(4)34(52)40(7,42)37(53)57-30)58-36-32(51)29(48(9)10)20-24(3)56-36/h15-17,22-26,29-30,32-33,35-36,44,51H,12-14,18-21H2,1-11H3,(H2,43,45)/t23-,24-,25+,26+,29+,30+,32-,33-,35-,36?,39+,40+,41-/m1/s1. The lowest BCUT2D eigenvalue weighted by Gasteiger charge is -2.47. The summed E-state index contributed by atoms with van der Waals surface area (Å²) in [6, 6.07) is 3.48. The minimum absolute atomic E-state index is 0.161. The molecule has 0 aliphatic carbocycles. The van der Waals surface area contributed by atoms with Crippen molar-refractivity contribution in [1.29, 1.82) is 0 Å². The molecule has 5 heterocycles. The maximum absolute atomic E-state index is 16.9. The van der Waals surface area contributed by atoms with Crippen LogP contribution in [-0.4, -0.2) is 152 Å². The first-order valence-corrected chi connectivity index (χ1v) is 20.7. The number of aliphatic hydroxyl groups excluding tert-OH is 1. The molecule has 3 saturated heterocycles. The Bertz CT molecular complexity index is 1780. The number of carbonyl (C=O) groups is 3. The van der Waals surface area contributed by atoms with Crippen LogP contribution in [0.2, 0.25) is 0 Å². The molecule has 0 radical (unpaired) electrons. The number of aliphatic hydroxyl groups is 1. The molecule has 59 heavy (non-hydrogen) atoms. The number of cyclic esters (lactones) is 1. The lowest BCUT2D eigenvalue weighted by atomic mass is 9.78. The fourth-order valence-electron chi connectivity index (χ4n) is 9.28. The van der Waals surface area contributed by atoms with E-state index in [1.165, 1.54) is 14.0 Å². The molecule has 18 heteroatoms. The van der Waals surface area contributed by atoms with Crippen LogP contribution in [0, 0.1) is 5.92 Å². The van der Waals surface area contributed by atoms with Crippen molar-refractivity contribution in [2.24, 2.45) is 5.92 Å². The molecule has 13 atom stereocenters. The second-order valence-corrected chi connectivity index (χ2v) is 17.4. The third-order valence-electron chi connectivity index (χ3n) is 12.4. The molecule has 3 aliphatic rings. The summed E-state index contributed by atoms with van der Waals surface area (Å²) in [6.45, 7) is 14.1. The lowest BCUT2D eigenvalue weighted by molar-refractivity contribution is -0.295. The predicted octanol–water partition coefficient (Wildman–Crippen LogP) is 3.52. The highest BCUT2D eigenvalue weighted by molar-refractivity contribution is 6.07. The van der Waals surface area contributed by atoms with Gasteiger partial charge in [-0.1, -0.05) is 25.1 Å². The Morgan fingerprint density at radius 2 is 1.78 bits per heavy atom. The molecule has 5 rings (SSSR count). The molecule has 17 nitrogen and oxygen atoms in total. The fourth-order valence-corrected chi connectivity index (χ4v) is 9.28. The van der Waals surface area contributed by atoms with Gasteiger partial charge in [0.15, 0.2) is 17.7 Å². The fraction of sp³-hybridized carbons (Fsp3) is 0.756. The number of unbranched alkanes of at least 4 members (excludes halogenated alkanes) is 1. The number of ether oxygens (including phenoxy) is 5. The highest BCUT2D eigenvalue weighted by Crippen LogP contribution is 2.41. The average Bonchev–Trinajstić information content (AvgIpc) is 3.75. The van der Waals surface area contributed by atoms with Crippen molar-refractivity contribution in [2.45, 2.75) is 166 Å². The lowest BCUT2D eigenvalue weighted by Crippen LogP contribution is -2.64. The first kappa shape index (κ1) is 46.3. The molecule has 330 valence electrons. The van der Waals surface area contributed by atoms with Crippen LogP contribution in [0.1, 0.15) is 87.5 Å². The number of likely N-dealkylation sites (N-methyl/N-ethyl adjacent to an activating group) is 1. The third-order valence-corrected chi connectivity index (χ3v) is 12.4. The van der Waals surface area contributed by atoms with Crippen LogP contribution in [-0.2, 0) is 39.8 Å². The number of ketones is 1. The molecule has 4 N–H and O–H groups in total. The Kier molecular flexibility index (Phi) is 14.5. The quantitative estimate of drug-likeness (QED) is 0.168. The Hall–Kier alpha value is -3.81. The van der Waals surface area contributed by atoms with Crippen LogP contribution in [0.25, 0.3) is 11.4 Å². The van der Waals surface area contributed by atoms with Crippen molar-refractivity contribution >= 4 is 23.7 Å². The van der Waals surface area contributed by atoms with Gasteiger partial charge in [-0.2, -0.15) is 0 Å². The van der Waals surface area contributed by atoms with Gasteiger partial charge < -0.3 is 44.7 Å². The Labute approximate surface area is 346 Å². The molecule has 1 unspecified atom stereocenters. The maximum atomic E-state index is 16.9. The zero-order chi connectivity index (χ0) is 43.6. The van der Waals surface area contributed by atoms with Crippen molar-refractivity contribution in [2.75, 3.05) is 33.5 Å². The van der Waals surface area contributed by atoms with Crippen molar-refractivity contribution in [1.82, 2.24) is 35.1 Å². The molecule has 2 aromatic heterocycles. The summed E-state index contributed by atoms with van der Waals surface area (Å²) in [5.41, 5.74) is 1.18. The van der Waals surface area contributed by atoms with Gasteiger partial charge in [-0.3, -0.25) is 14.4 Å². The van der Waals surface area contributed by atoms with E-state index in [4.69, 9.17) is 29.4 Å². The number of halogens is 1. The van der Waals surface area contributed by atoms with Gasteiger partial charge in [0.1, 0.15) is 23.7 Å². The van der Waals surface area contributed by atoms with Crippen molar-refractivity contribution < 1.29 is 47.6 Å². The number of pyridine rings is 1.